The van der Waals surface area contributed by atoms with Crippen molar-refractivity contribution in [1.29, 1.82) is 0 Å². The molecule has 8 rings (SSSR count). The molecule has 3 N–H and O–H groups in total. The van der Waals surface area contributed by atoms with Crippen LogP contribution in [0.5, 0.6) is 11.5 Å². The maximum absolute atomic E-state index is 15.9. The number of benzene rings is 5. The molecule has 13 nitrogen and oxygen atoms in total. The van der Waals surface area contributed by atoms with Crippen molar-refractivity contribution in [1.82, 2.24) is 4.90 Å². The third-order valence-electron chi connectivity index (χ3n) is 11.4. The zero-order chi connectivity index (χ0) is 42.7. The molecule has 0 bridgehead atoms. The number of esters is 1. The number of rotatable bonds is 11. The van der Waals surface area contributed by atoms with E-state index in [-0.39, 0.29) is 37.7 Å². The molecule has 3 amide bonds. The number of nitrogens with zero attached hydrogens (tertiary/aromatic N) is 2. The van der Waals surface area contributed by atoms with Gasteiger partial charge in [-0.2, -0.15) is 0 Å². The van der Waals surface area contributed by atoms with Gasteiger partial charge in [0.15, 0.2) is 0 Å². The van der Waals surface area contributed by atoms with Gasteiger partial charge in [0.05, 0.1) is 44.0 Å². The van der Waals surface area contributed by atoms with E-state index in [1.165, 1.54) is 7.11 Å². The minimum atomic E-state index is -2.06. The second-order valence-corrected chi connectivity index (χ2v) is 14.8. The third kappa shape index (κ3) is 7.24. The smallest absolute Gasteiger partial charge is 0.421 e. The Morgan fingerprint density at radius 1 is 0.754 bits per heavy atom. The molecule has 13 heteroatoms. The Hall–Kier alpha value is -6.98. The number of imide groups is 1. The topological polar surface area (TPSA) is 167 Å². The molecule has 6 atom stereocenters. The van der Waals surface area contributed by atoms with Gasteiger partial charge >= 0.3 is 12.1 Å². The highest BCUT2D eigenvalue weighted by atomic mass is 16.6. The zero-order valence-corrected chi connectivity index (χ0v) is 33.4. The lowest BCUT2D eigenvalue weighted by atomic mass is 9.65. The van der Waals surface area contributed by atoms with Crippen molar-refractivity contribution in [2.75, 3.05) is 45.5 Å². The number of carbonyl (C=O) groups is 4. The first-order chi connectivity index (χ1) is 29.7. The molecule has 0 aliphatic carbocycles. The molecule has 2 fully saturated rings. The molecule has 2 saturated heterocycles. The minimum absolute atomic E-state index is 0.0242. The molecule has 0 radical (unpaired) electrons. The number of ether oxygens (including phenoxy) is 5. The monoisotopic (exact) mass is 821 g/mol. The number of methoxy groups -OCH3 is 2. The molecular formula is C48H43N3O10. The van der Waals surface area contributed by atoms with Gasteiger partial charge in [0.2, 0.25) is 11.8 Å². The summed E-state index contributed by atoms with van der Waals surface area (Å²) >= 11 is 0. The average molecular weight is 822 g/mol. The first-order valence-electron chi connectivity index (χ1n) is 19.7. The Morgan fingerprint density at radius 3 is 2.10 bits per heavy atom. The number of primary amides is 1. The van der Waals surface area contributed by atoms with Crippen LogP contribution in [-0.4, -0.2) is 80.6 Å². The summed E-state index contributed by atoms with van der Waals surface area (Å²) in [6, 6.07) is 34.3. The van der Waals surface area contributed by atoms with Crippen LogP contribution in [0.25, 0.3) is 0 Å². The molecule has 5 aromatic carbocycles. The van der Waals surface area contributed by atoms with Crippen molar-refractivity contribution in [3.8, 4) is 23.3 Å². The van der Waals surface area contributed by atoms with Crippen LogP contribution < -0.4 is 20.1 Å². The lowest BCUT2D eigenvalue weighted by Gasteiger charge is -2.46. The lowest BCUT2D eigenvalue weighted by Crippen LogP contribution is -2.55. The van der Waals surface area contributed by atoms with E-state index < -0.39 is 59.4 Å². The van der Waals surface area contributed by atoms with E-state index in [9.17, 15) is 19.5 Å². The molecule has 0 unspecified atom stereocenters. The molecule has 1 spiro atoms. The number of amides is 3. The van der Waals surface area contributed by atoms with E-state index in [0.717, 1.165) is 10.5 Å². The van der Waals surface area contributed by atoms with Gasteiger partial charge in [-0.3, -0.25) is 19.3 Å². The van der Waals surface area contributed by atoms with Crippen LogP contribution in [-0.2, 0) is 34.0 Å². The number of carbonyl (C=O) groups excluding carboxylic acids is 4. The van der Waals surface area contributed by atoms with Crippen LogP contribution in [0.15, 0.2) is 127 Å². The van der Waals surface area contributed by atoms with Gasteiger partial charge < -0.3 is 34.5 Å². The second-order valence-electron chi connectivity index (χ2n) is 14.8. The molecule has 3 heterocycles. The SMILES string of the molecule is COCCOC(=O)N1C(=O)[C@@]2(c3cc(C#Cc4ccc(OC)cc4)ccc31)[C@H](C(N)=O)[C@H]1C(=O)O[C@H](c3ccccc3)[C@H](c3ccccc3)N1[C@@H]2c1cccc(OCCO)c1. The van der Waals surface area contributed by atoms with Gasteiger partial charge in [-0.25, -0.2) is 9.69 Å². The maximum Gasteiger partial charge on any atom is 0.421 e. The van der Waals surface area contributed by atoms with Gasteiger partial charge in [0, 0.05) is 18.2 Å². The fraction of sp³-hybridized carbons (Fsp3) is 0.250. The maximum atomic E-state index is 15.9. The fourth-order valence-corrected chi connectivity index (χ4v) is 9.03. The van der Waals surface area contributed by atoms with Crippen LogP contribution >= 0.6 is 0 Å². The Morgan fingerprint density at radius 2 is 1.43 bits per heavy atom. The highest BCUT2D eigenvalue weighted by molar-refractivity contribution is 6.23. The van der Waals surface area contributed by atoms with Crippen LogP contribution in [0.3, 0.4) is 0 Å². The largest absolute Gasteiger partial charge is 0.497 e. The van der Waals surface area contributed by atoms with E-state index in [1.807, 2.05) is 65.6 Å². The summed E-state index contributed by atoms with van der Waals surface area (Å²) in [6.07, 6.45) is -1.92. The quantitative estimate of drug-likeness (QED) is 0.0996. The van der Waals surface area contributed by atoms with Gasteiger partial charge in [0.25, 0.3) is 0 Å². The predicted octanol–water partition coefficient (Wildman–Crippen LogP) is 5.40. The minimum Gasteiger partial charge on any atom is -0.497 e. The summed E-state index contributed by atoms with van der Waals surface area (Å²) in [4.78, 5) is 62.2. The van der Waals surface area contributed by atoms with E-state index in [0.29, 0.717) is 33.8 Å². The van der Waals surface area contributed by atoms with Crippen molar-refractivity contribution < 1.29 is 48.0 Å². The summed E-state index contributed by atoms with van der Waals surface area (Å²) in [5.74, 6) is 3.20. The Bertz CT molecular complexity index is 2500. The van der Waals surface area contributed by atoms with Crippen molar-refractivity contribution >= 4 is 29.6 Å². The normalized spacial score (nSPS) is 22.7. The van der Waals surface area contributed by atoms with Crippen molar-refractivity contribution in [3.63, 3.8) is 0 Å². The van der Waals surface area contributed by atoms with Gasteiger partial charge in [-0.05, 0) is 76.9 Å². The van der Waals surface area contributed by atoms with Gasteiger partial charge in [0.1, 0.15) is 42.3 Å². The van der Waals surface area contributed by atoms with E-state index in [4.69, 9.17) is 29.4 Å². The number of aliphatic hydroxyl groups excluding tert-OH is 1. The predicted molar refractivity (Wildman–Crippen MR) is 222 cm³/mol. The summed E-state index contributed by atoms with van der Waals surface area (Å²) in [5, 5.41) is 9.67. The summed E-state index contributed by atoms with van der Waals surface area (Å²) < 4.78 is 28.3. The van der Waals surface area contributed by atoms with Crippen LogP contribution in [0.2, 0.25) is 0 Å². The molecule has 3 aliphatic rings. The number of aliphatic hydroxyl groups is 1. The summed E-state index contributed by atoms with van der Waals surface area (Å²) in [5.41, 5.74) is 7.78. The first-order valence-corrected chi connectivity index (χ1v) is 19.7. The Balaban J connectivity index is 1.42. The molecule has 310 valence electrons. The summed E-state index contributed by atoms with van der Waals surface area (Å²) in [6.45, 7) is -0.401. The lowest BCUT2D eigenvalue weighted by molar-refractivity contribution is -0.178. The highest BCUT2D eigenvalue weighted by Gasteiger charge is 2.75. The second kappa shape index (κ2) is 17.3. The fourth-order valence-electron chi connectivity index (χ4n) is 9.03. The van der Waals surface area contributed by atoms with Gasteiger partial charge in [-0.15, -0.1) is 0 Å². The average Bonchev–Trinajstić information content (AvgIpc) is 3.75. The summed E-state index contributed by atoms with van der Waals surface area (Å²) in [7, 11) is 3.02. The number of cyclic esters (lactones) is 1. The van der Waals surface area contributed by atoms with Gasteiger partial charge in [-0.1, -0.05) is 84.6 Å². The van der Waals surface area contributed by atoms with Crippen LogP contribution in [0, 0.1) is 17.8 Å². The standard InChI is InChI=1S/C48H43N3O10/c1-57-26-27-60-47(56)50-38-23-20-31(17-16-30-18-21-35(58-2)22-19-30)28-37(38)48(46(50)55)39(44(49)53)41-45(54)61-42(33-12-7-4-8-13-33)40(32-10-5-3-6-11-32)51(41)43(48)34-14-9-15-36(29-34)59-25-24-52/h3-15,18-23,28-29,39-43,52H,24-27H2,1-2H3,(H2,49,53)/t39-,40-,41-,42+,43+,48-/m0/s1. The Kier molecular flexibility index (Phi) is 11.6. The molecule has 0 aromatic heterocycles. The van der Waals surface area contributed by atoms with Crippen LogP contribution in [0.4, 0.5) is 10.5 Å². The number of anilines is 1. The van der Waals surface area contributed by atoms with E-state index in [1.54, 1.807) is 73.8 Å². The third-order valence-corrected chi connectivity index (χ3v) is 11.4. The molecule has 61 heavy (non-hydrogen) atoms. The molecule has 0 saturated carbocycles. The Labute approximate surface area is 352 Å². The van der Waals surface area contributed by atoms with Crippen molar-refractivity contribution in [3.05, 3.63) is 161 Å². The first kappa shape index (κ1) is 40.8. The highest BCUT2D eigenvalue weighted by Crippen LogP contribution is 2.66. The molecule has 3 aliphatic heterocycles. The number of morpholine rings is 1. The number of hydrogen-bond donors (Lipinski definition) is 2. The van der Waals surface area contributed by atoms with E-state index in [2.05, 4.69) is 11.8 Å². The van der Waals surface area contributed by atoms with Crippen LogP contribution in [0.1, 0.15) is 51.6 Å². The molecular weight excluding hydrogens is 779 g/mol. The molecule has 5 aromatic rings. The number of fused-ring (bicyclic) bond motifs is 3. The van der Waals surface area contributed by atoms with Crippen molar-refractivity contribution in [2.24, 2.45) is 11.7 Å². The van der Waals surface area contributed by atoms with E-state index >= 15 is 4.79 Å². The van der Waals surface area contributed by atoms with Crippen molar-refractivity contribution in [2.45, 2.75) is 29.6 Å². The zero-order valence-electron chi connectivity index (χ0n) is 33.4. The number of hydrogen-bond acceptors (Lipinski definition) is 11. The number of nitrogens with two attached hydrogens (primary N) is 1.